The third kappa shape index (κ3) is 2.46. The molecule has 1 N–H and O–H groups in total. The summed E-state index contributed by atoms with van der Waals surface area (Å²) in [4.78, 5) is 11.8. The molecule has 0 aliphatic rings. The quantitative estimate of drug-likeness (QED) is 0.859. The van der Waals surface area contributed by atoms with Crippen LogP contribution in [0.15, 0.2) is 30.5 Å². The van der Waals surface area contributed by atoms with Crippen molar-refractivity contribution >= 4 is 11.4 Å². The van der Waals surface area contributed by atoms with Gasteiger partial charge in [-0.15, -0.1) is 0 Å². The van der Waals surface area contributed by atoms with Gasteiger partial charge in [0.25, 0.3) is 0 Å². The Morgan fingerprint density at radius 3 is 2.82 bits per heavy atom. The van der Waals surface area contributed by atoms with Gasteiger partial charge >= 0.3 is 0 Å². The third-order valence-corrected chi connectivity index (χ3v) is 2.61. The van der Waals surface area contributed by atoms with Crippen LogP contribution in [0.4, 0.5) is 0 Å². The molecule has 0 saturated carbocycles. The highest BCUT2D eigenvalue weighted by atomic mass is 16.2. The van der Waals surface area contributed by atoms with Gasteiger partial charge in [-0.2, -0.15) is 5.10 Å². The van der Waals surface area contributed by atoms with Crippen LogP contribution in [0.2, 0.25) is 0 Å². The number of carbonyl (C=O) groups excluding carboxylic acids is 1. The Labute approximate surface area is 101 Å². The van der Waals surface area contributed by atoms with Gasteiger partial charge in [0.05, 0.1) is 17.8 Å². The molecule has 4 heteroatoms. The SMILES string of the molecule is CC(C)(C)C(=O)NCc1cccc2ccnn12. The highest BCUT2D eigenvalue weighted by molar-refractivity contribution is 5.81. The number of amides is 1. The standard InChI is InChI=1S/C13H17N3O/c1-13(2,3)12(17)14-9-11-6-4-5-10-7-8-15-16(10)11/h4-8H,9H2,1-3H3,(H,14,17). The lowest BCUT2D eigenvalue weighted by Gasteiger charge is -2.17. The Balaban J connectivity index is 2.14. The summed E-state index contributed by atoms with van der Waals surface area (Å²) in [5, 5.41) is 7.15. The number of pyridine rings is 1. The van der Waals surface area contributed by atoms with E-state index in [9.17, 15) is 4.79 Å². The first-order valence-corrected chi connectivity index (χ1v) is 5.68. The number of hydrogen-bond acceptors (Lipinski definition) is 2. The fourth-order valence-electron chi connectivity index (χ4n) is 1.58. The molecule has 0 aliphatic carbocycles. The van der Waals surface area contributed by atoms with Crippen LogP contribution in [0.5, 0.6) is 0 Å². The lowest BCUT2D eigenvalue weighted by molar-refractivity contribution is -0.128. The van der Waals surface area contributed by atoms with E-state index >= 15 is 0 Å². The van der Waals surface area contributed by atoms with Crippen molar-refractivity contribution in [1.29, 1.82) is 0 Å². The van der Waals surface area contributed by atoms with Crippen LogP contribution in [-0.2, 0) is 11.3 Å². The van der Waals surface area contributed by atoms with Crippen LogP contribution >= 0.6 is 0 Å². The van der Waals surface area contributed by atoms with Gasteiger partial charge in [0, 0.05) is 11.6 Å². The predicted octanol–water partition coefficient (Wildman–Crippen LogP) is 2.00. The summed E-state index contributed by atoms with van der Waals surface area (Å²) in [6.45, 7) is 6.19. The van der Waals surface area contributed by atoms with Crippen LogP contribution < -0.4 is 5.32 Å². The smallest absolute Gasteiger partial charge is 0.225 e. The molecule has 0 aliphatic heterocycles. The molecule has 90 valence electrons. The summed E-state index contributed by atoms with van der Waals surface area (Å²) < 4.78 is 1.84. The third-order valence-electron chi connectivity index (χ3n) is 2.61. The minimum Gasteiger partial charge on any atom is -0.350 e. The molecule has 2 heterocycles. The second-order valence-electron chi connectivity index (χ2n) is 5.12. The summed E-state index contributed by atoms with van der Waals surface area (Å²) in [6.07, 6.45) is 1.75. The molecular weight excluding hydrogens is 214 g/mol. The van der Waals surface area contributed by atoms with Gasteiger partial charge in [0.15, 0.2) is 0 Å². The van der Waals surface area contributed by atoms with E-state index in [0.29, 0.717) is 6.54 Å². The predicted molar refractivity (Wildman–Crippen MR) is 66.5 cm³/mol. The largest absolute Gasteiger partial charge is 0.350 e. The zero-order valence-electron chi connectivity index (χ0n) is 10.4. The van der Waals surface area contributed by atoms with E-state index in [2.05, 4.69) is 10.4 Å². The van der Waals surface area contributed by atoms with Crippen molar-refractivity contribution in [2.75, 3.05) is 0 Å². The van der Waals surface area contributed by atoms with Gasteiger partial charge in [-0.1, -0.05) is 26.8 Å². The molecule has 2 aromatic heterocycles. The molecule has 0 aromatic carbocycles. The molecule has 0 fully saturated rings. The van der Waals surface area contributed by atoms with Gasteiger partial charge in [0.1, 0.15) is 0 Å². The second kappa shape index (κ2) is 4.20. The lowest BCUT2D eigenvalue weighted by atomic mass is 9.96. The molecule has 2 aromatic rings. The average Bonchev–Trinajstić information content (AvgIpc) is 2.72. The fourth-order valence-corrected chi connectivity index (χ4v) is 1.58. The molecule has 0 radical (unpaired) electrons. The van der Waals surface area contributed by atoms with Crippen molar-refractivity contribution in [2.24, 2.45) is 5.41 Å². The number of carbonyl (C=O) groups is 1. The van der Waals surface area contributed by atoms with Crippen molar-refractivity contribution in [2.45, 2.75) is 27.3 Å². The zero-order chi connectivity index (χ0) is 12.5. The first-order valence-electron chi connectivity index (χ1n) is 5.68. The van der Waals surface area contributed by atoms with Crippen LogP contribution in [0.3, 0.4) is 0 Å². The van der Waals surface area contributed by atoms with E-state index in [1.165, 1.54) is 0 Å². The van der Waals surface area contributed by atoms with Gasteiger partial charge in [0.2, 0.25) is 5.91 Å². The molecular formula is C13H17N3O. The Kier molecular flexibility index (Phi) is 2.88. The normalized spacial score (nSPS) is 11.7. The number of hydrogen-bond donors (Lipinski definition) is 1. The van der Waals surface area contributed by atoms with Gasteiger partial charge in [-0.3, -0.25) is 4.79 Å². The van der Waals surface area contributed by atoms with Crippen LogP contribution in [-0.4, -0.2) is 15.5 Å². The van der Waals surface area contributed by atoms with E-state index in [-0.39, 0.29) is 11.3 Å². The van der Waals surface area contributed by atoms with E-state index in [1.54, 1.807) is 6.20 Å². The molecule has 2 rings (SSSR count). The number of aromatic nitrogens is 2. The van der Waals surface area contributed by atoms with Gasteiger partial charge in [-0.25, -0.2) is 4.52 Å². The maximum absolute atomic E-state index is 11.8. The van der Waals surface area contributed by atoms with Crippen molar-refractivity contribution < 1.29 is 4.79 Å². The van der Waals surface area contributed by atoms with Crippen LogP contribution in [0, 0.1) is 5.41 Å². The number of nitrogens with zero attached hydrogens (tertiary/aromatic N) is 2. The number of fused-ring (bicyclic) bond motifs is 1. The van der Waals surface area contributed by atoms with E-state index < -0.39 is 0 Å². The topological polar surface area (TPSA) is 46.4 Å². The average molecular weight is 231 g/mol. The Hall–Kier alpha value is -1.84. The van der Waals surface area contributed by atoms with Crippen LogP contribution in [0.25, 0.3) is 5.52 Å². The molecule has 4 nitrogen and oxygen atoms in total. The maximum atomic E-state index is 11.8. The lowest BCUT2D eigenvalue weighted by Crippen LogP contribution is -2.34. The summed E-state index contributed by atoms with van der Waals surface area (Å²) in [5.41, 5.74) is 1.65. The number of nitrogens with one attached hydrogen (secondary N) is 1. The second-order valence-corrected chi connectivity index (χ2v) is 5.12. The maximum Gasteiger partial charge on any atom is 0.225 e. The minimum absolute atomic E-state index is 0.0432. The summed E-state index contributed by atoms with van der Waals surface area (Å²) in [7, 11) is 0. The highest BCUT2D eigenvalue weighted by Gasteiger charge is 2.20. The van der Waals surface area contributed by atoms with E-state index in [4.69, 9.17) is 0 Å². The van der Waals surface area contributed by atoms with Crippen molar-refractivity contribution in [3.05, 3.63) is 36.2 Å². The Morgan fingerprint density at radius 2 is 2.12 bits per heavy atom. The van der Waals surface area contributed by atoms with Crippen molar-refractivity contribution in [3.8, 4) is 0 Å². The van der Waals surface area contributed by atoms with E-state index in [1.807, 2.05) is 49.6 Å². The minimum atomic E-state index is -0.363. The highest BCUT2D eigenvalue weighted by Crippen LogP contribution is 2.13. The first-order chi connectivity index (χ1) is 7.98. The molecule has 0 bridgehead atoms. The zero-order valence-corrected chi connectivity index (χ0v) is 10.4. The summed E-state index contributed by atoms with van der Waals surface area (Å²) in [6, 6.07) is 7.86. The Morgan fingerprint density at radius 1 is 1.35 bits per heavy atom. The monoisotopic (exact) mass is 231 g/mol. The first kappa shape index (κ1) is 11.6. The molecule has 0 saturated heterocycles. The Bertz CT molecular complexity index is 537. The fraction of sp³-hybridized carbons (Fsp3) is 0.385. The molecule has 17 heavy (non-hydrogen) atoms. The summed E-state index contributed by atoms with van der Waals surface area (Å²) >= 11 is 0. The molecule has 0 spiro atoms. The molecule has 1 amide bonds. The van der Waals surface area contributed by atoms with E-state index in [0.717, 1.165) is 11.2 Å². The van der Waals surface area contributed by atoms with Gasteiger partial charge in [-0.05, 0) is 18.2 Å². The van der Waals surface area contributed by atoms with Gasteiger partial charge < -0.3 is 5.32 Å². The molecule has 0 atom stereocenters. The summed E-state index contributed by atoms with van der Waals surface area (Å²) in [5.74, 6) is 0.0432. The number of rotatable bonds is 2. The molecule has 0 unspecified atom stereocenters. The van der Waals surface area contributed by atoms with Crippen molar-refractivity contribution in [1.82, 2.24) is 14.9 Å². The van der Waals surface area contributed by atoms with Crippen molar-refractivity contribution in [3.63, 3.8) is 0 Å². The van der Waals surface area contributed by atoms with Crippen LogP contribution in [0.1, 0.15) is 26.5 Å².